The van der Waals surface area contributed by atoms with Gasteiger partial charge in [0.25, 0.3) is 0 Å². The predicted molar refractivity (Wildman–Crippen MR) is 73.2 cm³/mol. The summed E-state index contributed by atoms with van der Waals surface area (Å²) in [7, 11) is 0. The van der Waals surface area contributed by atoms with E-state index in [2.05, 4.69) is 10.1 Å². The van der Waals surface area contributed by atoms with Crippen molar-refractivity contribution >= 4 is 28.8 Å². The largest absolute Gasteiger partial charge is 0.220 e. The second-order valence-electron chi connectivity index (χ2n) is 4.10. The summed E-state index contributed by atoms with van der Waals surface area (Å²) in [5.74, 6) is 0.616. The third-order valence-corrected chi connectivity index (χ3v) is 3.04. The molecule has 2 aromatic heterocycles. The van der Waals surface area contributed by atoms with E-state index in [0.29, 0.717) is 15.9 Å². The summed E-state index contributed by atoms with van der Waals surface area (Å²) in [6.07, 6.45) is 1.93. The van der Waals surface area contributed by atoms with E-state index in [1.165, 1.54) is 0 Å². The van der Waals surface area contributed by atoms with Gasteiger partial charge in [0, 0.05) is 21.8 Å². The molecule has 3 rings (SSSR count). The van der Waals surface area contributed by atoms with E-state index in [1.54, 1.807) is 22.7 Å². The maximum atomic E-state index is 5.98. The van der Waals surface area contributed by atoms with Crippen LogP contribution >= 0.6 is 23.2 Å². The van der Waals surface area contributed by atoms with Crippen LogP contribution < -0.4 is 0 Å². The van der Waals surface area contributed by atoms with Gasteiger partial charge in [0.15, 0.2) is 11.5 Å². The van der Waals surface area contributed by atoms with Crippen LogP contribution in [-0.4, -0.2) is 14.6 Å². The predicted octanol–water partition coefficient (Wildman–Crippen LogP) is 4.01. The molecule has 0 spiro atoms. The van der Waals surface area contributed by atoms with Gasteiger partial charge in [-0.1, -0.05) is 29.3 Å². The average molecular weight is 278 g/mol. The molecule has 0 aliphatic rings. The van der Waals surface area contributed by atoms with Gasteiger partial charge in [-0.2, -0.15) is 0 Å². The topological polar surface area (TPSA) is 30.2 Å². The molecule has 0 unspecified atom stereocenters. The molecule has 0 aliphatic heterocycles. The second-order valence-corrected chi connectivity index (χ2v) is 4.98. The van der Waals surface area contributed by atoms with Crippen LogP contribution in [0.25, 0.3) is 17.0 Å². The van der Waals surface area contributed by atoms with Crippen molar-refractivity contribution in [1.29, 1.82) is 0 Å². The molecule has 0 atom stereocenters. The van der Waals surface area contributed by atoms with E-state index in [1.807, 2.05) is 25.3 Å². The Hall–Kier alpha value is -1.58. The first-order chi connectivity index (χ1) is 8.61. The second kappa shape index (κ2) is 4.26. The summed E-state index contributed by atoms with van der Waals surface area (Å²) in [6, 6.07) is 9.22. The van der Waals surface area contributed by atoms with E-state index in [-0.39, 0.29) is 0 Å². The lowest BCUT2D eigenvalue weighted by Crippen LogP contribution is -1.87. The van der Waals surface area contributed by atoms with E-state index >= 15 is 0 Å². The van der Waals surface area contributed by atoms with Gasteiger partial charge in [0.2, 0.25) is 0 Å². The van der Waals surface area contributed by atoms with Crippen molar-refractivity contribution in [2.45, 2.75) is 6.92 Å². The molecule has 0 radical (unpaired) electrons. The molecule has 90 valence electrons. The lowest BCUT2D eigenvalue weighted by Gasteiger charge is -1.97. The fraction of sp³-hybridized carbons (Fsp3) is 0.0769. The first kappa shape index (κ1) is 11.5. The normalized spacial score (nSPS) is 11.1. The molecule has 18 heavy (non-hydrogen) atoms. The summed E-state index contributed by atoms with van der Waals surface area (Å²) in [4.78, 5) is 4.44. The fourth-order valence-electron chi connectivity index (χ4n) is 1.79. The summed E-state index contributed by atoms with van der Waals surface area (Å²) >= 11 is 12.0. The molecule has 0 fully saturated rings. The number of nitrogens with zero attached hydrogens (tertiary/aromatic N) is 3. The molecular weight excluding hydrogens is 269 g/mol. The number of benzene rings is 1. The van der Waals surface area contributed by atoms with Gasteiger partial charge < -0.3 is 0 Å². The number of hydrogen-bond acceptors (Lipinski definition) is 2. The average Bonchev–Trinajstić information content (AvgIpc) is 2.70. The Bertz CT molecular complexity index is 714. The van der Waals surface area contributed by atoms with Crippen molar-refractivity contribution in [2.75, 3.05) is 0 Å². The highest BCUT2D eigenvalue weighted by Gasteiger charge is 2.08. The first-order valence-corrected chi connectivity index (χ1v) is 6.17. The number of rotatable bonds is 1. The Morgan fingerprint density at radius 1 is 1.06 bits per heavy atom. The minimum Gasteiger partial charge on any atom is -0.220 e. The number of fused-ring (bicyclic) bond motifs is 1. The molecule has 3 aromatic rings. The maximum absolute atomic E-state index is 5.98. The number of pyridine rings is 1. The number of aryl methyl sites for hydroxylation is 1. The Morgan fingerprint density at radius 2 is 1.78 bits per heavy atom. The minimum absolute atomic E-state index is 0.576. The number of aromatic nitrogens is 3. The summed E-state index contributed by atoms with van der Waals surface area (Å²) in [5, 5.41) is 5.57. The lowest BCUT2D eigenvalue weighted by atomic mass is 10.2. The molecular formula is C13H9Cl2N3. The Balaban J connectivity index is 2.19. The van der Waals surface area contributed by atoms with Gasteiger partial charge in [0.1, 0.15) is 0 Å². The number of hydrogen-bond donors (Lipinski definition) is 0. The van der Waals surface area contributed by atoms with E-state index in [9.17, 15) is 0 Å². The third-order valence-electron chi connectivity index (χ3n) is 2.60. The van der Waals surface area contributed by atoms with Crippen molar-refractivity contribution in [3.05, 3.63) is 52.1 Å². The molecule has 0 bridgehead atoms. The van der Waals surface area contributed by atoms with Crippen molar-refractivity contribution in [3.63, 3.8) is 0 Å². The van der Waals surface area contributed by atoms with Crippen LogP contribution in [0.4, 0.5) is 0 Å². The van der Waals surface area contributed by atoms with Gasteiger partial charge in [-0.25, -0.2) is 9.50 Å². The van der Waals surface area contributed by atoms with E-state index in [0.717, 1.165) is 16.8 Å². The SMILES string of the molecule is Cc1ccc2nc(-c3cc(Cl)cc(Cl)c3)nn2c1. The van der Waals surface area contributed by atoms with Gasteiger partial charge >= 0.3 is 0 Å². The minimum atomic E-state index is 0.576. The molecule has 2 heterocycles. The van der Waals surface area contributed by atoms with Crippen LogP contribution in [0.5, 0.6) is 0 Å². The van der Waals surface area contributed by atoms with Crippen molar-refractivity contribution in [1.82, 2.24) is 14.6 Å². The standard InChI is InChI=1S/C13H9Cl2N3/c1-8-2-3-12-16-13(17-18(12)7-8)9-4-10(14)6-11(15)5-9/h2-7H,1H3. The van der Waals surface area contributed by atoms with Crippen LogP contribution in [0.2, 0.25) is 10.0 Å². The zero-order valence-corrected chi connectivity index (χ0v) is 11.1. The van der Waals surface area contributed by atoms with Gasteiger partial charge in [-0.3, -0.25) is 0 Å². The van der Waals surface area contributed by atoms with Crippen LogP contribution in [0.15, 0.2) is 36.5 Å². The van der Waals surface area contributed by atoms with Crippen molar-refractivity contribution < 1.29 is 0 Å². The molecule has 3 nitrogen and oxygen atoms in total. The Kier molecular flexibility index (Phi) is 2.73. The highest BCUT2D eigenvalue weighted by atomic mass is 35.5. The molecule has 1 aromatic carbocycles. The quantitative estimate of drug-likeness (QED) is 0.673. The van der Waals surface area contributed by atoms with Crippen LogP contribution in [-0.2, 0) is 0 Å². The smallest absolute Gasteiger partial charge is 0.182 e. The lowest BCUT2D eigenvalue weighted by molar-refractivity contribution is 0.956. The highest BCUT2D eigenvalue weighted by molar-refractivity contribution is 6.35. The molecule has 0 saturated heterocycles. The van der Waals surface area contributed by atoms with E-state index in [4.69, 9.17) is 23.2 Å². The van der Waals surface area contributed by atoms with Crippen molar-refractivity contribution in [3.8, 4) is 11.4 Å². The Morgan fingerprint density at radius 3 is 2.50 bits per heavy atom. The highest BCUT2D eigenvalue weighted by Crippen LogP contribution is 2.25. The van der Waals surface area contributed by atoms with Crippen LogP contribution in [0.3, 0.4) is 0 Å². The third kappa shape index (κ3) is 2.07. The van der Waals surface area contributed by atoms with Crippen molar-refractivity contribution in [2.24, 2.45) is 0 Å². The molecule has 5 heteroatoms. The van der Waals surface area contributed by atoms with Crippen LogP contribution in [0.1, 0.15) is 5.56 Å². The first-order valence-electron chi connectivity index (χ1n) is 5.41. The summed E-state index contributed by atoms with van der Waals surface area (Å²) < 4.78 is 1.75. The molecule has 0 saturated carbocycles. The fourth-order valence-corrected chi connectivity index (χ4v) is 2.32. The zero-order chi connectivity index (χ0) is 12.7. The van der Waals surface area contributed by atoms with Gasteiger partial charge in [0.05, 0.1) is 0 Å². The molecule has 0 amide bonds. The summed E-state index contributed by atoms with van der Waals surface area (Å²) in [6.45, 7) is 2.01. The molecule has 0 aliphatic carbocycles. The zero-order valence-electron chi connectivity index (χ0n) is 9.56. The van der Waals surface area contributed by atoms with Crippen LogP contribution in [0, 0.1) is 6.92 Å². The van der Waals surface area contributed by atoms with Gasteiger partial charge in [-0.05, 0) is 36.8 Å². The van der Waals surface area contributed by atoms with Gasteiger partial charge in [-0.15, -0.1) is 5.10 Å². The number of halogens is 2. The maximum Gasteiger partial charge on any atom is 0.182 e. The summed E-state index contributed by atoms with van der Waals surface area (Å²) in [5.41, 5.74) is 2.74. The Labute approximate surface area is 114 Å². The monoisotopic (exact) mass is 277 g/mol. The van der Waals surface area contributed by atoms with E-state index < -0.39 is 0 Å². The molecule has 0 N–H and O–H groups in total.